The molecule has 0 saturated heterocycles. The van der Waals surface area contributed by atoms with Gasteiger partial charge in [0.05, 0.1) is 17.7 Å². The normalized spacial score (nSPS) is 14.8. The lowest BCUT2D eigenvalue weighted by atomic mass is 10.3. The molecule has 98 valence electrons. The average Bonchev–Trinajstić information content (AvgIpc) is 2.77. The number of hydrogen-bond acceptors (Lipinski definition) is 3. The van der Waals surface area contributed by atoms with Crippen molar-refractivity contribution in [3.05, 3.63) is 18.0 Å². The van der Waals surface area contributed by atoms with Crippen molar-refractivity contribution in [2.75, 3.05) is 20.3 Å². The number of alkyl halides is 1. The summed E-state index contributed by atoms with van der Waals surface area (Å²) in [6.07, 6.45) is 3.12. The number of ether oxygens (including phenoxy) is 1. The molecule has 2 atom stereocenters. The smallest absolute Gasteiger partial charge is 0.0762 e. The molecule has 0 fully saturated rings. The Bertz CT molecular complexity index is 316. The van der Waals surface area contributed by atoms with Crippen LogP contribution in [0.15, 0.2) is 12.3 Å². The van der Waals surface area contributed by atoms with E-state index in [0.717, 1.165) is 25.2 Å². The minimum Gasteiger partial charge on any atom is -0.383 e. The van der Waals surface area contributed by atoms with Gasteiger partial charge in [-0.1, -0.05) is 6.92 Å². The minimum absolute atomic E-state index is 0.0108. The van der Waals surface area contributed by atoms with Gasteiger partial charge in [-0.15, -0.1) is 11.6 Å². The number of halogens is 1. The summed E-state index contributed by atoms with van der Waals surface area (Å²) < 4.78 is 6.97. The summed E-state index contributed by atoms with van der Waals surface area (Å²) >= 11 is 6.01. The first kappa shape index (κ1) is 14.5. The quantitative estimate of drug-likeness (QED) is 0.728. The predicted octanol–water partition coefficient (Wildman–Crippen LogP) is 2.20. The van der Waals surface area contributed by atoms with E-state index in [-0.39, 0.29) is 5.38 Å². The van der Waals surface area contributed by atoms with Gasteiger partial charge in [0.2, 0.25) is 0 Å². The van der Waals surface area contributed by atoms with Crippen LogP contribution in [0.5, 0.6) is 0 Å². The molecule has 0 spiro atoms. The molecule has 1 rings (SSSR count). The zero-order valence-corrected chi connectivity index (χ0v) is 11.6. The fourth-order valence-electron chi connectivity index (χ4n) is 1.50. The molecule has 0 aliphatic rings. The second-order valence-corrected chi connectivity index (χ2v) is 4.85. The van der Waals surface area contributed by atoms with Crippen LogP contribution in [0.3, 0.4) is 0 Å². The minimum atomic E-state index is 0.0108. The van der Waals surface area contributed by atoms with Crippen LogP contribution < -0.4 is 5.32 Å². The predicted molar refractivity (Wildman–Crippen MR) is 70.5 cm³/mol. The first-order chi connectivity index (χ1) is 8.17. The zero-order chi connectivity index (χ0) is 12.7. The van der Waals surface area contributed by atoms with E-state index in [1.165, 1.54) is 0 Å². The van der Waals surface area contributed by atoms with Gasteiger partial charge in [-0.3, -0.25) is 4.68 Å². The second-order valence-electron chi connectivity index (χ2n) is 4.23. The van der Waals surface area contributed by atoms with Crippen molar-refractivity contribution in [2.45, 2.75) is 38.2 Å². The lowest BCUT2D eigenvalue weighted by Gasteiger charge is -2.09. The summed E-state index contributed by atoms with van der Waals surface area (Å²) in [5, 5.41) is 7.78. The molecule has 1 aromatic heterocycles. The van der Waals surface area contributed by atoms with Gasteiger partial charge in [0.25, 0.3) is 0 Å². The Morgan fingerprint density at radius 3 is 3.00 bits per heavy atom. The van der Waals surface area contributed by atoms with E-state index in [9.17, 15) is 0 Å². The first-order valence-electron chi connectivity index (χ1n) is 6.05. The summed E-state index contributed by atoms with van der Waals surface area (Å²) in [7, 11) is 1.66. The van der Waals surface area contributed by atoms with Crippen LogP contribution in [0, 0.1) is 0 Å². The van der Waals surface area contributed by atoms with Crippen LogP contribution in [0.4, 0.5) is 0 Å². The summed E-state index contributed by atoms with van der Waals surface area (Å²) in [4.78, 5) is 0. The summed E-state index contributed by atoms with van der Waals surface area (Å²) in [6, 6.07) is 2.50. The van der Waals surface area contributed by atoms with Crippen LogP contribution in [-0.4, -0.2) is 35.4 Å². The van der Waals surface area contributed by atoms with Crippen LogP contribution in [0.1, 0.15) is 32.0 Å². The Hall–Kier alpha value is -0.580. The third-order valence-electron chi connectivity index (χ3n) is 2.73. The maximum atomic E-state index is 6.01. The molecule has 5 heteroatoms. The molecule has 4 nitrogen and oxygen atoms in total. The molecular weight excluding hydrogens is 238 g/mol. The number of rotatable bonds is 8. The molecular formula is C12H22ClN3O. The van der Waals surface area contributed by atoms with Gasteiger partial charge >= 0.3 is 0 Å². The molecule has 2 unspecified atom stereocenters. The lowest BCUT2D eigenvalue weighted by molar-refractivity contribution is 0.197. The van der Waals surface area contributed by atoms with Gasteiger partial charge in [0.15, 0.2) is 0 Å². The Morgan fingerprint density at radius 1 is 1.59 bits per heavy atom. The highest BCUT2D eigenvalue weighted by Gasteiger charge is 2.06. The maximum Gasteiger partial charge on any atom is 0.0762 e. The Morgan fingerprint density at radius 2 is 2.35 bits per heavy atom. The van der Waals surface area contributed by atoms with Crippen molar-refractivity contribution in [2.24, 2.45) is 0 Å². The third kappa shape index (κ3) is 5.06. The monoisotopic (exact) mass is 259 g/mol. The molecule has 1 aromatic rings. The van der Waals surface area contributed by atoms with Crippen molar-refractivity contribution >= 4 is 11.6 Å². The second kappa shape index (κ2) is 7.69. The van der Waals surface area contributed by atoms with E-state index in [0.29, 0.717) is 12.6 Å². The molecule has 0 amide bonds. The van der Waals surface area contributed by atoms with Gasteiger partial charge in [-0.25, -0.2) is 0 Å². The lowest BCUT2D eigenvalue weighted by Crippen LogP contribution is -2.26. The van der Waals surface area contributed by atoms with Crippen molar-refractivity contribution in [3.63, 3.8) is 0 Å². The van der Waals surface area contributed by atoms with Crippen molar-refractivity contribution in [1.82, 2.24) is 15.1 Å². The highest BCUT2D eigenvalue weighted by molar-refractivity contribution is 6.20. The Kier molecular flexibility index (Phi) is 6.55. The maximum absolute atomic E-state index is 6.01. The van der Waals surface area contributed by atoms with Crippen LogP contribution in [0.2, 0.25) is 0 Å². The Labute approximate surface area is 108 Å². The first-order valence-corrected chi connectivity index (χ1v) is 6.48. The fraction of sp³-hybridized carbons (Fsp3) is 0.750. The number of hydrogen-bond donors (Lipinski definition) is 1. The highest BCUT2D eigenvalue weighted by Crippen LogP contribution is 2.09. The van der Waals surface area contributed by atoms with Crippen LogP contribution in [0.25, 0.3) is 0 Å². The fourth-order valence-corrected chi connectivity index (χ4v) is 1.74. The molecule has 0 aromatic carbocycles. The van der Waals surface area contributed by atoms with E-state index < -0.39 is 0 Å². The topological polar surface area (TPSA) is 39.1 Å². The van der Waals surface area contributed by atoms with Crippen molar-refractivity contribution in [1.29, 1.82) is 0 Å². The largest absolute Gasteiger partial charge is 0.383 e. The van der Waals surface area contributed by atoms with Gasteiger partial charge in [0, 0.05) is 32.4 Å². The molecule has 1 heterocycles. The van der Waals surface area contributed by atoms with E-state index in [1.54, 1.807) is 7.11 Å². The van der Waals surface area contributed by atoms with Crippen molar-refractivity contribution < 1.29 is 4.74 Å². The summed E-state index contributed by atoms with van der Waals surface area (Å²) in [5.41, 5.74) is 1.05. The number of aromatic nitrogens is 2. The standard InChI is InChI=1S/C12H22ClN3O/c1-4-10(2)16-6-5-12(15-16)8-14-7-11(13)9-17-3/h5-6,10-11,14H,4,7-9H2,1-3H3. The van der Waals surface area contributed by atoms with Crippen LogP contribution in [-0.2, 0) is 11.3 Å². The molecule has 0 radical (unpaired) electrons. The van der Waals surface area contributed by atoms with Crippen LogP contribution >= 0.6 is 11.6 Å². The van der Waals surface area contributed by atoms with Gasteiger partial charge in [-0.05, 0) is 19.4 Å². The molecule has 0 saturated carbocycles. The summed E-state index contributed by atoms with van der Waals surface area (Å²) in [6.45, 7) is 6.36. The molecule has 0 bridgehead atoms. The van der Waals surface area contributed by atoms with E-state index in [4.69, 9.17) is 16.3 Å². The molecule has 17 heavy (non-hydrogen) atoms. The Balaban J connectivity index is 2.30. The third-order valence-corrected chi connectivity index (χ3v) is 3.01. The molecule has 1 N–H and O–H groups in total. The summed E-state index contributed by atoms with van der Waals surface area (Å²) in [5.74, 6) is 0. The van der Waals surface area contributed by atoms with Gasteiger partial charge in [-0.2, -0.15) is 5.10 Å². The van der Waals surface area contributed by atoms with E-state index in [2.05, 4.69) is 24.3 Å². The van der Waals surface area contributed by atoms with Crippen molar-refractivity contribution in [3.8, 4) is 0 Å². The SMILES string of the molecule is CCC(C)n1ccc(CNCC(Cl)COC)n1. The number of methoxy groups -OCH3 is 1. The zero-order valence-electron chi connectivity index (χ0n) is 10.8. The average molecular weight is 260 g/mol. The molecule has 0 aliphatic carbocycles. The van der Waals surface area contributed by atoms with E-state index >= 15 is 0 Å². The molecule has 0 aliphatic heterocycles. The number of nitrogens with zero attached hydrogens (tertiary/aromatic N) is 2. The van der Waals surface area contributed by atoms with Gasteiger partial charge in [0.1, 0.15) is 0 Å². The highest BCUT2D eigenvalue weighted by atomic mass is 35.5. The van der Waals surface area contributed by atoms with Gasteiger partial charge < -0.3 is 10.1 Å². The number of nitrogens with one attached hydrogen (secondary N) is 1. The van der Waals surface area contributed by atoms with E-state index in [1.807, 2.05) is 16.9 Å².